The summed E-state index contributed by atoms with van der Waals surface area (Å²) in [6, 6.07) is 2.73. The van der Waals surface area contributed by atoms with E-state index in [2.05, 4.69) is 5.32 Å². The molecule has 0 spiro atoms. The van der Waals surface area contributed by atoms with Crippen LogP contribution in [0.4, 0.5) is 10.1 Å². The normalized spacial score (nSPS) is 13.7. The standard InChI is InChI=1S/C12H15FN2O4/c1-3-12(2,7-16)14-11(17)9-6-8(15(18)19)4-5-10(9)13/h4-6,16H,3,7H2,1-2H3,(H,14,17). The molecule has 0 aliphatic carbocycles. The first kappa shape index (κ1) is 15.0. The number of nitrogens with one attached hydrogen (secondary N) is 1. The van der Waals surface area contributed by atoms with Crippen LogP contribution in [0.25, 0.3) is 0 Å². The molecule has 0 fully saturated rings. The van der Waals surface area contributed by atoms with Gasteiger partial charge in [0.2, 0.25) is 0 Å². The molecular formula is C12H15FN2O4. The van der Waals surface area contributed by atoms with Gasteiger partial charge in [0.1, 0.15) is 5.82 Å². The summed E-state index contributed by atoms with van der Waals surface area (Å²) < 4.78 is 13.5. The molecule has 0 aliphatic rings. The van der Waals surface area contributed by atoms with Crippen LogP contribution in [0.2, 0.25) is 0 Å². The summed E-state index contributed by atoms with van der Waals surface area (Å²) in [5, 5.41) is 22.2. The maximum atomic E-state index is 13.5. The quantitative estimate of drug-likeness (QED) is 0.628. The van der Waals surface area contributed by atoms with Gasteiger partial charge in [0.25, 0.3) is 11.6 Å². The van der Waals surface area contributed by atoms with Gasteiger partial charge in [0.05, 0.1) is 22.6 Å². The van der Waals surface area contributed by atoms with Crippen molar-refractivity contribution < 1.29 is 19.2 Å². The molecule has 1 amide bonds. The Morgan fingerprint density at radius 3 is 2.68 bits per heavy atom. The fraction of sp³-hybridized carbons (Fsp3) is 0.417. The van der Waals surface area contributed by atoms with Crippen LogP contribution >= 0.6 is 0 Å². The van der Waals surface area contributed by atoms with E-state index in [1.165, 1.54) is 0 Å². The van der Waals surface area contributed by atoms with Crippen molar-refractivity contribution in [1.82, 2.24) is 5.32 Å². The minimum absolute atomic E-state index is 0.314. The average molecular weight is 270 g/mol. The summed E-state index contributed by atoms with van der Waals surface area (Å²) >= 11 is 0. The van der Waals surface area contributed by atoms with Crippen molar-refractivity contribution in [2.75, 3.05) is 6.61 Å². The molecule has 0 radical (unpaired) electrons. The molecule has 1 rings (SSSR count). The topological polar surface area (TPSA) is 92.5 Å². The SMILES string of the molecule is CCC(C)(CO)NC(=O)c1cc([N+](=O)[O-])ccc1F. The van der Waals surface area contributed by atoms with Crippen LogP contribution in [0, 0.1) is 15.9 Å². The Hall–Kier alpha value is -2.02. The molecule has 1 aromatic carbocycles. The van der Waals surface area contributed by atoms with Gasteiger partial charge in [0, 0.05) is 12.1 Å². The van der Waals surface area contributed by atoms with Crippen LogP contribution in [0.3, 0.4) is 0 Å². The zero-order valence-electron chi connectivity index (χ0n) is 10.6. The monoisotopic (exact) mass is 270 g/mol. The van der Waals surface area contributed by atoms with Gasteiger partial charge in [-0.1, -0.05) is 6.92 Å². The zero-order valence-corrected chi connectivity index (χ0v) is 10.6. The molecule has 104 valence electrons. The number of amides is 1. The molecule has 1 atom stereocenters. The third-order valence-electron chi connectivity index (χ3n) is 2.95. The maximum absolute atomic E-state index is 13.5. The van der Waals surface area contributed by atoms with Crippen molar-refractivity contribution in [1.29, 1.82) is 0 Å². The van der Waals surface area contributed by atoms with Gasteiger partial charge in [0.15, 0.2) is 0 Å². The van der Waals surface area contributed by atoms with E-state index in [0.717, 1.165) is 18.2 Å². The summed E-state index contributed by atoms with van der Waals surface area (Å²) in [5.74, 6) is -1.64. The van der Waals surface area contributed by atoms with Crippen LogP contribution in [0.5, 0.6) is 0 Å². The molecule has 0 aliphatic heterocycles. The summed E-state index contributed by atoms with van der Waals surface area (Å²) in [6.07, 6.45) is 0.436. The number of nitro benzene ring substituents is 1. The highest BCUT2D eigenvalue weighted by atomic mass is 19.1. The molecular weight excluding hydrogens is 255 g/mol. The van der Waals surface area contributed by atoms with Crippen molar-refractivity contribution in [3.63, 3.8) is 0 Å². The largest absolute Gasteiger partial charge is 0.394 e. The Labute approximate surface area is 109 Å². The number of aliphatic hydroxyl groups excluding tert-OH is 1. The summed E-state index contributed by atoms with van der Waals surface area (Å²) in [6.45, 7) is 3.03. The number of hydrogen-bond donors (Lipinski definition) is 2. The second-order valence-corrected chi connectivity index (χ2v) is 4.45. The Morgan fingerprint density at radius 2 is 2.21 bits per heavy atom. The van der Waals surface area contributed by atoms with Gasteiger partial charge in [-0.2, -0.15) is 0 Å². The fourth-order valence-electron chi connectivity index (χ4n) is 1.38. The molecule has 19 heavy (non-hydrogen) atoms. The van der Waals surface area contributed by atoms with E-state index in [1.54, 1.807) is 13.8 Å². The molecule has 0 saturated heterocycles. The Kier molecular flexibility index (Phi) is 4.55. The Balaban J connectivity index is 3.06. The van der Waals surface area contributed by atoms with Gasteiger partial charge in [-0.05, 0) is 19.4 Å². The lowest BCUT2D eigenvalue weighted by molar-refractivity contribution is -0.384. The van der Waals surface area contributed by atoms with Crippen LogP contribution in [0.15, 0.2) is 18.2 Å². The van der Waals surface area contributed by atoms with E-state index in [9.17, 15) is 24.4 Å². The van der Waals surface area contributed by atoms with E-state index in [4.69, 9.17) is 0 Å². The maximum Gasteiger partial charge on any atom is 0.270 e. The number of nitro groups is 1. The van der Waals surface area contributed by atoms with E-state index < -0.39 is 27.8 Å². The van der Waals surface area contributed by atoms with Crippen LogP contribution < -0.4 is 5.32 Å². The Bertz CT molecular complexity index is 501. The van der Waals surface area contributed by atoms with Gasteiger partial charge in [-0.3, -0.25) is 14.9 Å². The molecule has 7 heteroatoms. The number of carbonyl (C=O) groups is 1. The van der Waals surface area contributed by atoms with Gasteiger partial charge in [-0.25, -0.2) is 4.39 Å². The smallest absolute Gasteiger partial charge is 0.270 e. The fourth-order valence-corrected chi connectivity index (χ4v) is 1.38. The summed E-state index contributed by atoms with van der Waals surface area (Å²) in [5.41, 5.74) is -1.68. The van der Waals surface area contributed by atoms with Crippen LogP contribution in [-0.4, -0.2) is 28.1 Å². The number of halogens is 1. The lowest BCUT2D eigenvalue weighted by atomic mass is 9.99. The highest BCUT2D eigenvalue weighted by Gasteiger charge is 2.26. The third-order valence-corrected chi connectivity index (χ3v) is 2.95. The Morgan fingerprint density at radius 1 is 1.58 bits per heavy atom. The summed E-state index contributed by atoms with van der Waals surface area (Å²) in [7, 11) is 0. The first-order valence-electron chi connectivity index (χ1n) is 5.70. The van der Waals surface area contributed by atoms with Crippen molar-refractivity contribution in [2.45, 2.75) is 25.8 Å². The number of carbonyl (C=O) groups excluding carboxylic acids is 1. The van der Waals surface area contributed by atoms with Crippen molar-refractivity contribution in [3.8, 4) is 0 Å². The van der Waals surface area contributed by atoms with Crippen LogP contribution in [0.1, 0.15) is 30.6 Å². The molecule has 0 saturated carbocycles. The zero-order chi connectivity index (χ0) is 14.6. The second kappa shape index (κ2) is 5.75. The first-order valence-corrected chi connectivity index (χ1v) is 5.70. The number of benzene rings is 1. The van der Waals surface area contributed by atoms with Gasteiger partial charge >= 0.3 is 0 Å². The van der Waals surface area contributed by atoms with Crippen LogP contribution in [-0.2, 0) is 0 Å². The molecule has 6 nitrogen and oxygen atoms in total. The molecule has 0 heterocycles. The highest BCUT2D eigenvalue weighted by molar-refractivity contribution is 5.95. The van der Waals surface area contributed by atoms with E-state index in [-0.39, 0.29) is 12.3 Å². The lowest BCUT2D eigenvalue weighted by Crippen LogP contribution is -2.48. The van der Waals surface area contributed by atoms with E-state index >= 15 is 0 Å². The molecule has 0 bridgehead atoms. The van der Waals surface area contributed by atoms with Crippen molar-refractivity contribution in [3.05, 3.63) is 39.7 Å². The molecule has 1 unspecified atom stereocenters. The number of rotatable bonds is 5. The first-order chi connectivity index (χ1) is 8.83. The predicted molar refractivity (Wildman–Crippen MR) is 66.3 cm³/mol. The molecule has 0 aromatic heterocycles. The lowest BCUT2D eigenvalue weighted by Gasteiger charge is -2.27. The third kappa shape index (κ3) is 3.47. The van der Waals surface area contributed by atoms with E-state index in [1.807, 2.05) is 0 Å². The number of hydrogen-bond acceptors (Lipinski definition) is 4. The minimum atomic E-state index is -0.895. The van der Waals surface area contributed by atoms with Crippen molar-refractivity contribution in [2.24, 2.45) is 0 Å². The average Bonchev–Trinajstić information content (AvgIpc) is 2.38. The molecule has 2 N–H and O–H groups in total. The number of aliphatic hydroxyl groups is 1. The van der Waals surface area contributed by atoms with E-state index in [0.29, 0.717) is 6.42 Å². The van der Waals surface area contributed by atoms with Gasteiger partial charge in [-0.15, -0.1) is 0 Å². The summed E-state index contributed by atoms with van der Waals surface area (Å²) in [4.78, 5) is 21.8. The molecule has 1 aromatic rings. The number of non-ortho nitro benzene ring substituents is 1. The van der Waals surface area contributed by atoms with Crippen molar-refractivity contribution >= 4 is 11.6 Å². The van der Waals surface area contributed by atoms with Gasteiger partial charge < -0.3 is 10.4 Å². The second-order valence-electron chi connectivity index (χ2n) is 4.45. The number of nitrogens with zero attached hydrogens (tertiary/aromatic N) is 1. The predicted octanol–water partition coefficient (Wildman–Crippen LogP) is 1.62. The highest BCUT2D eigenvalue weighted by Crippen LogP contribution is 2.18. The minimum Gasteiger partial charge on any atom is -0.394 e.